The highest BCUT2D eigenvalue weighted by molar-refractivity contribution is 5.97. The van der Waals surface area contributed by atoms with E-state index in [9.17, 15) is 19.1 Å². The smallest absolute Gasteiger partial charge is 0.336 e. The summed E-state index contributed by atoms with van der Waals surface area (Å²) >= 11 is 0. The van der Waals surface area contributed by atoms with E-state index in [4.69, 9.17) is 4.99 Å². The Morgan fingerprint density at radius 3 is 2.50 bits per heavy atom. The van der Waals surface area contributed by atoms with Crippen LogP contribution >= 0.6 is 0 Å². The number of hydrogen-bond donors (Lipinski definition) is 2. The fourth-order valence-electron chi connectivity index (χ4n) is 5.53. The number of aromatic carboxylic acids is 1. The quantitative estimate of drug-likeness (QED) is 0.213. The first-order valence-corrected chi connectivity index (χ1v) is 14.0. The number of halogens is 1. The Balaban J connectivity index is 1.18. The minimum Gasteiger partial charge on any atom is -0.478 e. The van der Waals surface area contributed by atoms with Crippen LogP contribution in [0.1, 0.15) is 56.8 Å². The average molecular weight is 557 g/mol. The number of hydrogen-bond acceptors (Lipinski definition) is 3. The molecule has 42 heavy (non-hydrogen) atoms. The van der Waals surface area contributed by atoms with Crippen LogP contribution < -0.4 is 5.32 Å². The molecule has 0 fully saturated rings. The molecule has 5 aromatic rings. The molecular weight excluding hydrogens is 527 g/mol. The molecule has 6 rings (SSSR count). The van der Waals surface area contributed by atoms with Crippen LogP contribution in [0.25, 0.3) is 21.9 Å². The minimum atomic E-state index is -1.03. The largest absolute Gasteiger partial charge is 0.478 e. The molecule has 1 aliphatic heterocycles. The van der Waals surface area contributed by atoms with E-state index in [1.165, 1.54) is 6.07 Å². The molecule has 6 heteroatoms. The van der Waals surface area contributed by atoms with E-state index in [0.29, 0.717) is 41.5 Å². The number of fused-ring (bicyclic) bond motifs is 2. The SMILES string of the molecule is C[C@H](NC(=O)c1ccc2c(c1)CCC(Cc1cc(-c3ccccc3C(=O)O)ccc1F)=N2)c1ccc2ccccc2c1. The van der Waals surface area contributed by atoms with Crippen molar-refractivity contribution < 1.29 is 19.1 Å². The maximum absolute atomic E-state index is 14.8. The van der Waals surface area contributed by atoms with Gasteiger partial charge in [0.1, 0.15) is 5.82 Å². The predicted molar refractivity (Wildman–Crippen MR) is 164 cm³/mol. The Morgan fingerprint density at radius 1 is 0.881 bits per heavy atom. The van der Waals surface area contributed by atoms with Crippen LogP contribution in [0.15, 0.2) is 108 Å². The second kappa shape index (κ2) is 11.4. The maximum Gasteiger partial charge on any atom is 0.336 e. The van der Waals surface area contributed by atoms with Crippen LogP contribution in [-0.4, -0.2) is 22.7 Å². The van der Waals surface area contributed by atoms with Crippen LogP contribution in [0.5, 0.6) is 0 Å². The van der Waals surface area contributed by atoms with Crippen LogP contribution in [0, 0.1) is 5.82 Å². The summed E-state index contributed by atoms with van der Waals surface area (Å²) in [5, 5.41) is 15.0. The topological polar surface area (TPSA) is 78.8 Å². The fraction of sp³-hybridized carbons (Fsp3) is 0.139. The molecule has 1 amide bonds. The molecule has 0 spiro atoms. The molecule has 0 aliphatic carbocycles. The first-order chi connectivity index (χ1) is 20.4. The highest BCUT2D eigenvalue weighted by Crippen LogP contribution is 2.30. The summed E-state index contributed by atoms with van der Waals surface area (Å²) in [4.78, 5) is 29.6. The molecule has 1 aliphatic rings. The summed E-state index contributed by atoms with van der Waals surface area (Å²) in [6.07, 6.45) is 1.65. The van der Waals surface area contributed by atoms with Gasteiger partial charge in [-0.15, -0.1) is 0 Å². The van der Waals surface area contributed by atoms with Crippen molar-refractivity contribution in [3.05, 3.63) is 137 Å². The predicted octanol–water partition coefficient (Wildman–Crippen LogP) is 8.10. The van der Waals surface area contributed by atoms with Crippen LogP contribution in [0.4, 0.5) is 10.1 Å². The molecule has 5 nitrogen and oxygen atoms in total. The van der Waals surface area contributed by atoms with Gasteiger partial charge in [0.05, 0.1) is 17.3 Å². The molecule has 0 saturated heterocycles. The van der Waals surface area contributed by atoms with Crippen molar-refractivity contribution in [1.29, 1.82) is 0 Å². The van der Waals surface area contributed by atoms with Crippen molar-refractivity contribution in [2.45, 2.75) is 32.2 Å². The van der Waals surface area contributed by atoms with Crippen molar-refractivity contribution >= 4 is 34.0 Å². The minimum absolute atomic E-state index is 0.145. The molecule has 0 saturated carbocycles. The Kier molecular flexibility index (Phi) is 7.36. The van der Waals surface area contributed by atoms with E-state index in [1.807, 2.05) is 37.3 Å². The molecule has 1 heterocycles. The third-order valence-corrected chi connectivity index (χ3v) is 7.83. The molecule has 5 aromatic carbocycles. The third-order valence-electron chi connectivity index (χ3n) is 7.83. The summed E-state index contributed by atoms with van der Waals surface area (Å²) in [6.45, 7) is 1.98. The van der Waals surface area contributed by atoms with Crippen molar-refractivity contribution in [3.63, 3.8) is 0 Å². The molecule has 0 radical (unpaired) electrons. The van der Waals surface area contributed by atoms with Gasteiger partial charge in [0.15, 0.2) is 0 Å². The van der Waals surface area contributed by atoms with E-state index in [0.717, 1.165) is 33.3 Å². The number of rotatable bonds is 7. The lowest BCUT2D eigenvalue weighted by atomic mass is 9.93. The Bertz CT molecular complexity index is 1880. The molecular formula is C36H29FN2O3. The van der Waals surface area contributed by atoms with E-state index in [-0.39, 0.29) is 23.3 Å². The summed E-state index contributed by atoms with van der Waals surface area (Å²) in [7, 11) is 0. The van der Waals surface area contributed by atoms with Crippen LogP contribution in [0.2, 0.25) is 0 Å². The lowest BCUT2D eigenvalue weighted by Gasteiger charge is -2.19. The number of amides is 1. The lowest BCUT2D eigenvalue weighted by Crippen LogP contribution is -2.26. The number of nitrogens with zero attached hydrogens (tertiary/aromatic N) is 1. The van der Waals surface area contributed by atoms with Gasteiger partial charge in [0.25, 0.3) is 5.91 Å². The van der Waals surface area contributed by atoms with Crippen LogP contribution in [-0.2, 0) is 12.8 Å². The van der Waals surface area contributed by atoms with Gasteiger partial charge < -0.3 is 10.4 Å². The summed E-state index contributed by atoms with van der Waals surface area (Å²) in [6, 6.07) is 31.1. The third kappa shape index (κ3) is 5.56. The van der Waals surface area contributed by atoms with Gasteiger partial charge in [-0.25, -0.2) is 9.18 Å². The van der Waals surface area contributed by atoms with Crippen molar-refractivity contribution in [3.8, 4) is 11.1 Å². The summed E-state index contributed by atoms with van der Waals surface area (Å²) in [5.41, 5.74) is 6.05. The molecule has 0 unspecified atom stereocenters. The number of aliphatic imine (C=N–C) groups is 1. The van der Waals surface area contributed by atoms with Crippen molar-refractivity contribution in [1.82, 2.24) is 5.32 Å². The average Bonchev–Trinajstić information content (AvgIpc) is 3.01. The second-order valence-corrected chi connectivity index (χ2v) is 10.7. The van der Waals surface area contributed by atoms with E-state index >= 15 is 0 Å². The lowest BCUT2D eigenvalue weighted by molar-refractivity contribution is 0.0697. The molecule has 0 aromatic heterocycles. The van der Waals surface area contributed by atoms with Gasteiger partial charge >= 0.3 is 5.97 Å². The standard InChI is InChI=1S/C36H29FN2O3/c1-22(24-11-10-23-6-2-3-7-25(23)18-24)38-35(40)28-14-17-34-27(20-28)12-15-30(39-34)21-29-19-26(13-16-33(29)37)31-8-4-5-9-32(31)36(41)42/h2-11,13-14,16-20,22H,12,15,21H2,1H3,(H,38,40)(H,41,42)/t22-/m0/s1. The van der Waals surface area contributed by atoms with Gasteiger partial charge in [0, 0.05) is 17.7 Å². The number of aryl methyl sites for hydroxylation is 1. The van der Waals surface area contributed by atoms with E-state index in [1.54, 1.807) is 42.5 Å². The molecule has 0 bridgehead atoms. The van der Waals surface area contributed by atoms with Crippen LogP contribution in [0.3, 0.4) is 0 Å². The number of carboxylic acids is 1. The first-order valence-electron chi connectivity index (χ1n) is 14.0. The monoisotopic (exact) mass is 556 g/mol. The second-order valence-electron chi connectivity index (χ2n) is 10.7. The first kappa shape index (κ1) is 27.1. The van der Waals surface area contributed by atoms with Crippen molar-refractivity contribution in [2.75, 3.05) is 0 Å². The van der Waals surface area contributed by atoms with Gasteiger partial charge in [0.2, 0.25) is 0 Å². The number of benzene rings is 5. The molecule has 208 valence electrons. The Hall–Kier alpha value is -5.10. The molecule has 1 atom stereocenters. The number of carbonyl (C=O) groups is 2. The zero-order valence-electron chi connectivity index (χ0n) is 23.1. The Labute approximate surface area is 243 Å². The maximum atomic E-state index is 14.8. The summed E-state index contributed by atoms with van der Waals surface area (Å²) < 4.78 is 14.8. The number of carbonyl (C=O) groups excluding carboxylic acids is 1. The zero-order chi connectivity index (χ0) is 29.2. The number of carboxylic acid groups (broad SMARTS) is 1. The van der Waals surface area contributed by atoms with Gasteiger partial charge in [-0.2, -0.15) is 0 Å². The summed E-state index contributed by atoms with van der Waals surface area (Å²) in [5.74, 6) is -1.53. The normalized spacial score (nSPS) is 13.2. The van der Waals surface area contributed by atoms with Gasteiger partial charge in [-0.05, 0) is 101 Å². The Morgan fingerprint density at radius 2 is 1.67 bits per heavy atom. The highest BCUT2D eigenvalue weighted by Gasteiger charge is 2.19. The van der Waals surface area contributed by atoms with E-state index < -0.39 is 5.97 Å². The zero-order valence-corrected chi connectivity index (χ0v) is 23.1. The van der Waals surface area contributed by atoms with Gasteiger partial charge in [-0.3, -0.25) is 9.79 Å². The number of nitrogens with one attached hydrogen (secondary N) is 1. The van der Waals surface area contributed by atoms with Crippen molar-refractivity contribution in [2.24, 2.45) is 4.99 Å². The molecule has 2 N–H and O–H groups in total. The van der Waals surface area contributed by atoms with E-state index in [2.05, 4.69) is 29.6 Å². The highest BCUT2D eigenvalue weighted by atomic mass is 19.1. The fourth-order valence-corrected chi connectivity index (χ4v) is 5.53. The van der Waals surface area contributed by atoms with Gasteiger partial charge in [-0.1, -0.05) is 60.7 Å².